The van der Waals surface area contributed by atoms with E-state index in [-0.39, 0.29) is 17.9 Å². The van der Waals surface area contributed by atoms with Crippen molar-refractivity contribution in [2.75, 3.05) is 18.5 Å². The summed E-state index contributed by atoms with van der Waals surface area (Å²) in [6.07, 6.45) is 3.42. The first-order chi connectivity index (χ1) is 10.2. The van der Waals surface area contributed by atoms with Crippen LogP contribution in [0.4, 0.5) is 5.95 Å². The van der Waals surface area contributed by atoms with Crippen LogP contribution < -0.4 is 5.32 Å². The van der Waals surface area contributed by atoms with Crippen molar-refractivity contribution < 1.29 is 9.53 Å². The largest absolute Gasteiger partial charge is 0.466 e. The minimum Gasteiger partial charge on any atom is -0.466 e. The predicted molar refractivity (Wildman–Crippen MR) is 76.6 cm³/mol. The number of anilines is 1. The van der Waals surface area contributed by atoms with E-state index < -0.39 is 0 Å². The molecule has 2 aromatic rings. The van der Waals surface area contributed by atoms with Crippen LogP contribution in [0.15, 0.2) is 24.5 Å². The maximum absolute atomic E-state index is 12.0. The van der Waals surface area contributed by atoms with Crippen molar-refractivity contribution in [1.29, 1.82) is 0 Å². The van der Waals surface area contributed by atoms with Crippen molar-refractivity contribution in [2.45, 2.75) is 19.9 Å². The molecule has 21 heavy (non-hydrogen) atoms. The summed E-state index contributed by atoms with van der Waals surface area (Å²) in [6, 6.07) is 3.65. The monoisotopic (exact) mass is 287 g/mol. The standard InChI is InChI=1S/C14H17N5O2/c1-3-21-13(20)11-8-16-14-17-12(18-19(14)9(11)2)10-5-4-6-15-7-10/h4-7,9,11H,3,8H2,1-2H3,(H,16,17,18). The van der Waals surface area contributed by atoms with Crippen LogP contribution in [0, 0.1) is 5.92 Å². The second-order valence-corrected chi connectivity index (χ2v) is 4.93. The summed E-state index contributed by atoms with van der Waals surface area (Å²) >= 11 is 0. The Morgan fingerprint density at radius 1 is 1.57 bits per heavy atom. The lowest BCUT2D eigenvalue weighted by Gasteiger charge is -2.28. The molecule has 110 valence electrons. The summed E-state index contributed by atoms with van der Waals surface area (Å²) in [7, 11) is 0. The number of rotatable bonds is 3. The van der Waals surface area contributed by atoms with Gasteiger partial charge in [-0.1, -0.05) is 0 Å². The molecule has 7 nitrogen and oxygen atoms in total. The molecule has 2 aromatic heterocycles. The Hall–Kier alpha value is -2.44. The van der Waals surface area contributed by atoms with E-state index in [4.69, 9.17) is 4.74 Å². The Labute approximate surface area is 122 Å². The van der Waals surface area contributed by atoms with Gasteiger partial charge in [0, 0.05) is 24.5 Å². The molecule has 0 radical (unpaired) electrons. The van der Waals surface area contributed by atoms with Gasteiger partial charge in [-0.2, -0.15) is 4.98 Å². The number of aromatic nitrogens is 4. The van der Waals surface area contributed by atoms with Gasteiger partial charge in [0.2, 0.25) is 5.95 Å². The zero-order valence-corrected chi connectivity index (χ0v) is 12.0. The molecule has 7 heteroatoms. The molecule has 3 rings (SSSR count). The summed E-state index contributed by atoms with van der Waals surface area (Å²) in [5, 5.41) is 7.63. The van der Waals surface area contributed by atoms with Gasteiger partial charge >= 0.3 is 5.97 Å². The fraction of sp³-hybridized carbons (Fsp3) is 0.429. The molecule has 0 aromatic carbocycles. The molecule has 2 unspecified atom stereocenters. The van der Waals surface area contributed by atoms with E-state index >= 15 is 0 Å². The first-order valence-corrected chi connectivity index (χ1v) is 6.98. The van der Waals surface area contributed by atoms with Crippen molar-refractivity contribution in [1.82, 2.24) is 19.7 Å². The third-order valence-electron chi connectivity index (χ3n) is 3.59. The number of pyridine rings is 1. The molecule has 1 N–H and O–H groups in total. The van der Waals surface area contributed by atoms with Gasteiger partial charge in [0.25, 0.3) is 0 Å². The average molecular weight is 287 g/mol. The highest BCUT2D eigenvalue weighted by molar-refractivity contribution is 5.74. The number of hydrogen-bond donors (Lipinski definition) is 1. The van der Waals surface area contributed by atoms with Gasteiger partial charge in [0.1, 0.15) is 0 Å². The van der Waals surface area contributed by atoms with Crippen LogP contribution in [0.3, 0.4) is 0 Å². The van der Waals surface area contributed by atoms with E-state index in [1.54, 1.807) is 24.0 Å². The van der Waals surface area contributed by atoms with Crippen LogP contribution in [0.2, 0.25) is 0 Å². The molecule has 2 atom stereocenters. The number of carbonyl (C=O) groups excluding carboxylic acids is 1. The van der Waals surface area contributed by atoms with Gasteiger partial charge in [0.05, 0.1) is 18.6 Å². The second kappa shape index (κ2) is 5.51. The summed E-state index contributed by atoms with van der Waals surface area (Å²) in [5.74, 6) is 0.798. The van der Waals surface area contributed by atoms with E-state index in [0.29, 0.717) is 24.9 Å². The Balaban J connectivity index is 1.89. The topological polar surface area (TPSA) is 81.9 Å². The molecule has 0 saturated heterocycles. The fourth-order valence-corrected chi connectivity index (χ4v) is 2.42. The van der Waals surface area contributed by atoms with Crippen LogP contribution in [0.25, 0.3) is 11.4 Å². The highest BCUT2D eigenvalue weighted by Gasteiger charge is 2.34. The molecule has 1 aliphatic rings. The smallest absolute Gasteiger partial charge is 0.312 e. The van der Waals surface area contributed by atoms with Gasteiger partial charge in [-0.25, -0.2) is 4.68 Å². The summed E-state index contributed by atoms with van der Waals surface area (Å²) in [4.78, 5) is 20.5. The normalized spacial score (nSPS) is 20.5. The van der Waals surface area contributed by atoms with E-state index in [2.05, 4.69) is 20.4 Å². The third-order valence-corrected chi connectivity index (χ3v) is 3.59. The Kier molecular flexibility index (Phi) is 3.55. The van der Waals surface area contributed by atoms with Gasteiger partial charge in [0.15, 0.2) is 5.82 Å². The average Bonchev–Trinajstić information content (AvgIpc) is 2.94. The molecule has 3 heterocycles. The highest BCUT2D eigenvalue weighted by Crippen LogP contribution is 2.29. The van der Waals surface area contributed by atoms with Crippen molar-refractivity contribution in [3.63, 3.8) is 0 Å². The first-order valence-electron chi connectivity index (χ1n) is 6.98. The highest BCUT2D eigenvalue weighted by atomic mass is 16.5. The zero-order chi connectivity index (χ0) is 14.8. The van der Waals surface area contributed by atoms with Crippen molar-refractivity contribution in [3.05, 3.63) is 24.5 Å². The van der Waals surface area contributed by atoms with E-state index in [1.165, 1.54) is 0 Å². The summed E-state index contributed by atoms with van der Waals surface area (Å²) < 4.78 is 6.85. The van der Waals surface area contributed by atoms with E-state index in [1.807, 2.05) is 19.1 Å². The Morgan fingerprint density at radius 2 is 2.43 bits per heavy atom. The van der Waals surface area contributed by atoms with Gasteiger partial charge in [-0.3, -0.25) is 9.78 Å². The van der Waals surface area contributed by atoms with Crippen LogP contribution in [-0.4, -0.2) is 38.9 Å². The first kappa shape index (κ1) is 13.5. The number of nitrogens with zero attached hydrogens (tertiary/aromatic N) is 4. The molecule has 0 amide bonds. The number of carbonyl (C=O) groups is 1. The van der Waals surface area contributed by atoms with E-state index in [0.717, 1.165) is 5.56 Å². The van der Waals surface area contributed by atoms with Crippen molar-refractivity contribution in [2.24, 2.45) is 5.92 Å². The van der Waals surface area contributed by atoms with Gasteiger partial charge in [-0.15, -0.1) is 5.10 Å². The van der Waals surface area contributed by atoms with E-state index in [9.17, 15) is 4.79 Å². The minimum atomic E-state index is -0.263. The lowest BCUT2D eigenvalue weighted by atomic mass is 10.0. The number of esters is 1. The lowest BCUT2D eigenvalue weighted by Crippen LogP contribution is -2.37. The Bertz CT molecular complexity index is 640. The maximum atomic E-state index is 12.0. The molecule has 0 saturated carbocycles. The SMILES string of the molecule is CCOC(=O)C1CNc2nc(-c3cccnc3)nn2C1C. The second-order valence-electron chi connectivity index (χ2n) is 4.93. The molecule has 0 bridgehead atoms. The number of nitrogens with one attached hydrogen (secondary N) is 1. The van der Waals surface area contributed by atoms with Crippen molar-refractivity contribution >= 4 is 11.9 Å². The number of ether oxygens (including phenoxy) is 1. The van der Waals surface area contributed by atoms with Crippen molar-refractivity contribution in [3.8, 4) is 11.4 Å². The lowest BCUT2D eigenvalue weighted by molar-refractivity contribution is -0.149. The van der Waals surface area contributed by atoms with Crippen LogP contribution in [-0.2, 0) is 9.53 Å². The van der Waals surface area contributed by atoms with Crippen LogP contribution in [0.1, 0.15) is 19.9 Å². The molecule has 0 spiro atoms. The van der Waals surface area contributed by atoms with Crippen LogP contribution >= 0.6 is 0 Å². The molecular formula is C14H17N5O2. The molecule has 0 fully saturated rings. The molecule has 1 aliphatic heterocycles. The number of hydrogen-bond acceptors (Lipinski definition) is 6. The maximum Gasteiger partial charge on any atom is 0.312 e. The Morgan fingerprint density at radius 3 is 3.14 bits per heavy atom. The molecular weight excluding hydrogens is 270 g/mol. The fourth-order valence-electron chi connectivity index (χ4n) is 2.42. The summed E-state index contributed by atoms with van der Waals surface area (Å²) in [5.41, 5.74) is 0.848. The predicted octanol–water partition coefficient (Wildman–Crippen LogP) is 1.51. The van der Waals surface area contributed by atoms with Crippen LogP contribution in [0.5, 0.6) is 0 Å². The molecule has 0 aliphatic carbocycles. The van der Waals surface area contributed by atoms with Gasteiger partial charge in [-0.05, 0) is 26.0 Å². The van der Waals surface area contributed by atoms with Gasteiger partial charge < -0.3 is 10.1 Å². The zero-order valence-electron chi connectivity index (χ0n) is 12.0. The third kappa shape index (κ3) is 2.46. The number of fused-ring (bicyclic) bond motifs is 1. The quantitative estimate of drug-likeness (QED) is 0.862. The minimum absolute atomic E-state index is 0.0989. The summed E-state index contributed by atoms with van der Waals surface area (Å²) in [6.45, 7) is 4.65.